The Bertz CT molecular complexity index is 1790. The van der Waals surface area contributed by atoms with Crippen LogP contribution in [0.4, 0.5) is 30.8 Å². The number of benzene rings is 2. The molecule has 0 bridgehead atoms. The molecule has 4 rings (SSSR count). The molecule has 0 saturated heterocycles. The van der Waals surface area contributed by atoms with Crippen molar-refractivity contribution in [2.24, 2.45) is 0 Å². The molecule has 52 heavy (non-hydrogen) atoms. The zero-order valence-corrected chi connectivity index (χ0v) is 31.1. The molecule has 3 aromatic rings. The minimum absolute atomic E-state index is 0.0238. The molecule has 1 amide bonds. The number of carbonyl (C=O) groups is 2. The van der Waals surface area contributed by atoms with Crippen LogP contribution in [-0.2, 0) is 41.9 Å². The number of hydrogen-bond acceptors (Lipinski definition) is 12. The first-order chi connectivity index (χ1) is 24.7. The lowest BCUT2D eigenvalue weighted by atomic mass is 10.1. The minimum Gasteiger partial charge on any atom is -0.445 e. The van der Waals surface area contributed by atoms with Crippen LogP contribution in [0.1, 0.15) is 28.5 Å². The van der Waals surface area contributed by atoms with E-state index in [1.54, 1.807) is 13.2 Å². The maximum absolute atomic E-state index is 14.0. The summed E-state index contributed by atoms with van der Waals surface area (Å²) in [7, 11) is 4.61. The number of halogens is 2. The van der Waals surface area contributed by atoms with Gasteiger partial charge in [0, 0.05) is 82.9 Å². The molecule has 18 heteroatoms. The fourth-order valence-electron chi connectivity index (χ4n) is 5.47. The largest absolute Gasteiger partial charge is 0.445 e. The number of hydrogen-bond donors (Lipinski definition) is 2. The van der Waals surface area contributed by atoms with Gasteiger partial charge < -0.3 is 39.4 Å². The molecule has 15 nitrogen and oxygen atoms in total. The highest BCUT2D eigenvalue weighted by Gasteiger charge is 2.35. The highest BCUT2D eigenvalue weighted by atomic mass is 32.2. The maximum Gasteiger partial charge on any atom is 0.435 e. The van der Waals surface area contributed by atoms with E-state index in [-0.39, 0.29) is 55.7 Å². The predicted molar refractivity (Wildman–Crippen MR) is 191 cm³/mol. The van der Waals surface area contributed by atoms with Crippen LogP contribution in [0.2, 0.25) is 0 Å². The van der Waals surface area contributed by atoms with Gasteiger partial charge in [0.15, 0.2) is 5.82 Å². The number of methoxy groups -OCH3 is 2. The summed E-state index contributed by atoms with van der Waals surface area (Å²) in [6.07, 6.45) is -0.888. The van der Waals surface area contributed by atoms with Crippen molar-refractivity contribution in [3.8, 4) is 0 Å². The molecule has 2 N–H and O–H groups in total. The Morgan fingerprint density at radius 1 is 0.981 bits per heavy atom. The standard InChI is InChI=1S/C34H47F2N7O8S/c1-23(22-49-6)37-30-20-26(41(4)12-11-40(2)3)7-8-28(30)33(44)38-32-29-21-42(52(46,47)27-18-24(35)17-25(36)19-27)10-9-31(29)43(39-32)34(45)51-16-15-50-14-13-48-5/h7-8,17-20,23,37H,9-16,21-22H2,1-6H3,(H,38,39,44). The number of amides is 1. The smallest absolute Gasteiger partial charge is 0.435 e. The average Bonchev–Trinajstić information content (AvgIpc) is 3.45. The Hall–Kier alpha value is -4.20. The van der Waals surface area contributed by atoms with Gasteiger partial charge in [0.1, 0.15) is 18.2 Å². The third-order valence-corrected chi connectivity index (χ3v) is 10.00. The molecule has 0 spiro atoms. The van der Waals surface area contributed by atoms with Crippen LogP contribution in [0.5, 0.6) is 0 Å². The summed E-state index contributed by atoms with van der Waals surface area (Å²) in [5.74, 6) is -2.77. The van der Waals surface area contributed by atoms with E-state index >= 15 is 0 Å². The summed E-state index contributed by atoms with van der Waals surface area (Å²) in [5, 5.41) is 10.5. The van der Waals surface area contributed by atoms with Crippen molar-refractivity contribution in [2.75, 3.05) is 104 Å². The summed E-state index contributed by atoms with van der Waals surface area (Å²) in [5.41, 5.74) is 2.14. The average molecular weight is 752 g/mol. The zero-order valence-electron chi connectivity index (χ0n) is 30.3. The number of ether oxygens (including phenoxy) is 4. The van der Waals surface area contributed by atoms with Gasteiger partial charge in [0.25, 0.3) is 5.91 Å². The van der Waals surface area contributed by atoms with E-state index in [9.17, 15) is 26.8 Å². The molecule has 1 atom stereocenters. The Balaban J connectivity index is 1.68. The first-order valence-electron chi connectivity index (χ1n) is 16.6. The molecule has 2 heterocycles. The van der Waals surface area contributed by atoms with E-state index in [0.717, 1.165) is 39.9 Å². The van der Waals surface area contributed by atoms with Crippen molar-refractivity contribution < 1.29 is 45.7 Å². The van der Waals surface area contributed by atoms with Crippen molar-refractivity contribution in [1.82, 2.24) is 19.0 Å². The molecule has 0 aliphatic carbocycles. The molecule has 1 aliphatic rings. The van der Waals surface area contributed by atoms with Crippen LogP contribution in [-0.4, -0.2) is 133 Å². The summed E-state index contributed by atoms with van der Waals surface area (Å²) in [6.45, 7) is 3.95. The number of sulfonamides is 1. The molecule has 0 saturated carbocycles. The third-order valence-electron chi connectivity index (χ3n) is 8.18. The Morgan fingerprint density at radius 2 is 1.69 bits per heavy atom. The first kappa shape index (κ1) is 40.6. The number of fused-ring (bicyclic) bond motifs is 1. The molecule has 1 aliphatic heterocycles. The monoisotopic (exact) mass is 751 g/mol. The quantitative estimate of drug-likeness (QED) is 0.183. The van der Waals surface area contributed by atoms with Crippen LogP contribution in [0.25, 0.3) is 0 Å². The number of aromatic nitrogens is 2. The van der Waals surface area contributed by atoms with Crippen molar-refractivity contribution >= 4 is 39.2 Å². The van der Waals surface area contributed by atoms with Gasteiger partial charge in [-0.2, -0.15) is 8.99 Å². The Morgan fingerprint density at radius 3 is 2.37 bits per heavy atom. The first-order valence-corrected chi connectivity index (χ1v) is 18.1. The van der Waals surface area contributed by atoms with Crippen LogP contribution in [0.15, 0.2) is 41.3 Å². The van der Waals surface area contributed by atoms with Crippen molar-refractivity contribution in [3.05, 3.63) is 64.9 Å². The Labute approximate surface area is 302 Å². The van der Waals surface area contributed by atoms with Crippen LogP contribution in [0.3, 0.4) is 0 Å². The number of carbonyl (C=O) groups excluding carboxylic acids is 2. The summed E-state index contributed by atoms with van der Waals surface area (Å²) in [4.78, 5) is 30.8. The SMILES string of the molecule is COCCOCCOC(=O)n1nc(NC(=O)c2ccc(N(C)CCN(C)C)cc2NC(C)COC)c2c1CCN(S(=O)(=O)c1cc(F)cc(F)c1)C2. The van der Waals surface area contributed by atoms with E-state index in [2.05, 4.69) is 25.5 Å². The minimum atomic E-state index is -4.40. The predicted octanol–water partition coefficient (Wildman–Crippen LogP) is 3.25. The van der Waals surface area contributed by atoms with E-state index in [1.165, 1.54) is 7.11 Å². The fourth-order valence-corrected chi connectivity index (χ4v) is 6.92. The van der Waals surface area contributed by atoms with E-state index in [4.69, 9.17) is 18.9 Å². The van der Waals surface area contributed by atoms with E-state index < -0.39 is 38.6 Å². The Kier molecular flexibility index (Phi) is 14.5. The second-order valence-electron chi connectivity index (χ2n) is 12.5. The van der Waals surface area contributed by atoms with Gasteiger partial charge in [-0.25, -0.2) is 22.0 Å². The molecule has 0 radical (unpaired) electrons. The van der Waals surface area contributed by atoms with Crippen molar-refractivity contribution in [1.29, 1.82) is 0 Å². The van der Waals surface area contributed by atoms with Crippen molar-refractivity contribution in [2.45, 2.75) is 30.8 Å². The highest BCUT2D eigenvalue weighted by molar-refractivity contribution is 7.89. The summed E-state index contributed by atoms with van der Waals surface area (Å²) >= 11 is 0. The lowest BCUT2D eigenvalue weighted by Crippen LogP contribution is -2.37. The lowest BCUT2D eigenvalue weighted by Gasteiger charge is -2.27. The highest BCUT2D eigenvalue weighted by Crippen LogP contribution is 2.32. The van der Waals surface area contributed by atoms with Crippen molar-refractivity contribution in [3.63, 3.8) is 0 Å². The normalized spacial score (nSPS) is 13.9. The molecule has 0 fully saturated rings. The second kappa shape index (κ2) is 18.5. The van der Waals surface area contributed by atoms with Gasteiger partial charge in [-0.1, -0.05) is 0 Å². The molecule has 2 aromatic carbocycles. The topological polar surface area (TPSA) is 157 Å². The lowest BCUT2D eigenvalue weighted by molar-refractivity contribution is 0.0417. The van der Waals surface area contributed by atoms with E-state index in [1.807, 2.05) is 40.2 Å². The third kappa shape index (κ3) is 10.4. The van der Waals surface area contributed by atoms with Crippen LogP contribution >= 0.6 is 0 Å². The number of likely N-dealkylation sites (N-methyl/N-ethyl adjacent to an activating group) is 2. The van der Waals surface area contributed by atoms with E-state index in [0.29, 0.717) is 37.3 Å². The number of rotatable bonds is 18. The molecular weight excluding hydrogens is 704 g/mol. The fraction of sp³-hybridized carbons (Fsp3) is 0.500. The molecule has 1 aromatic heterocycles. The maximum atomic E-state index is 14.0. The number of nitrogens with one attached hydrogen (secondary N) is 2. The second-order valence-corrected chi connectivity index (χ2v) is 14.4. The van der Waals surface area contributed by atoms with Gasteiger partial charge in [-0.15, -0.1) is 5.10 Å². The zero-order chi connectivity index (χ0) is 38.0. The molecular formula is C34H47F2N7O8S. The molecule has 286 valence electrons. The van der Waals surface area contributed by atoms with Gasteiger partial charge in [0.05, 0.1) is 42.6 Å². The number of anilines is 3. The molecule has 1 unspecified atom stereocenters. The van der Waals surface area contributed by atoms with Crippen LogP contribution in [0, 0.1) is 11.6 Å². The van der Waals surface area contributed by atoms with Gasteiger partial charge in [0.2, 0.25) is 10.0 Å². The van der Waals surface area contributed by atoms with Gasteiger partial charge in [-0.3, -0.25) is 4.79 Å². The van der Waals surface area contributed by atoms with Gasteiger partial charge in [-0.05, 0) is 51.4 Å². The van der Waals surface area contributed by atoms with Gasteiger partial charge >= 0.3 is 6.09 Å². The van der Waals surface area contributed by atoms with Crippen LogP contribution < -0.4 is 15.5 Å². The summed E-state index contributed by atoms with van der Waals surface area (Å²) in [6, 6.07) is 7.18. The summed E-state index contributed by atoms with van der Waals surface area (Å²) < 4.78 is 78.1. The number of nitrogens with zero attached hydrogens (tertiary/aromatic N) is 5.